The molecule has 3 rings (SSSR count). The molecule has 2 aromatic heterocycles. The van der Waals surface area contributed by atoms with Gasteiger partial charge in [-0.05, 0) is 25.0 Å². The van der Waals surface area contributed by atoms with Crippen molar-refractivity contribution in [3.05, 3.63) is 35.7 Å². The number of nitrogens with zero attached hydrogens (tertiary/aromatic N) is 3. The van der Waals surface area contributed by atoms with Crippen molar-refractivity contribution in [2.75, 3.05) is 0 Å². The summed E-state index contributed by atoms with van der Waals surface area (Å²) >= 11 is 0. The van der Waals surface area contributed by atoms with Gasteiger partial charge in [0.2, 0.25) is 5.89 Å². The van der Waals surface area contributed by atoms with E-state index in [1.54, 1.807) is 0 Å². The normalized spacial score (nSPS) is 15.3. The van der Waals surface area contributed by atoms with Gasteiger partial charge in [-0.15, -0.1) is 0 Å². The number of hydrogen-bond acceptors (Lipinski definition) is 4. The topological polar surface area (TPSA) is 55.9 Å². The fraction of sp³-hybridized carbons (Fsp3) is 0.571. The molecule has 102 valence electrons. The van der Waals surface area contributed by atoms with Crippen molar-refractivity contribution < 1.29 is 4.52 Å². The number of aromatic nitrogens is 3. The second-order valence-electron chi connectivity index (χ2n) is 5.49. The fourth-order valence-corrected chi connectivity index (χ4v) is 2.05. The van der Waals surface area contributed by atoms with Crippen molar-refractivity contribution in [1.82, 2.24) is 20.0 Å². The number of nitrogens with one attached hydrogen (secondary N) is 1. The van der Waals surface area contributed by atoms with Crippen LogP contribution in [0.25, 0.3) is 0 Å². The third-order valence-electron chi connectivity index (χ3n) is 3.34. The van der Waals surface area contributed by atoms with Crippen LogP contribution in [0.2, 0.25) is 0 Å². The van der Waals surface area contributed by atoms with Crippen LogP contribution in [0.15, 0.2) is 22.9 Å². The van der Waals surface area contributed by atoms with Crippen molar-refractivity contribution in [2.24, 2.45) is 0 Å². The van der Waals surface area contributed by atoms with E-state index in [1.807, 2.05) is 0 Å². The first kappa shape index (κ1) is 12.4. The van der Waals surface area contributed by atoms with Gasteiger partial charge in [-0.25, -0.2) is 0 Å². The molecule has 0 spiro atoms. The highest BCUT2D eigenvalue weighted by Crippen LogP contribution is 2.38. The maximum Gasteiger partial charge on any atom is 0.229 e. The molecule has 0 bridgehead atoms. The Labute approximate surface area is 113 Å². The summed E-state index contributed by atoms with van der Waals surface area (Å²) < 4.78 is 7.45. The molecule has 1 N–H and O–H groups in total. The van der Waals surface area contributed by atoms with E-state index in [0.29, 0.717) is 18.5 Å². The maximum absolute atomic E-state index is 5.29. The Bertz CT molecular complexity index is 539. The van der Waals surface area contributed by atoms with Crippen LogP contribution in [-0.4, -0.2) is 20.7 Å². The minimum Gasteiger partial charge on any atom is -0.342 e. The van der Waals surface area contributed by atoms with Crippen LogP contribution < -0.4 is 5.32 Å². The maximum atomic E-state index is 5.29. The van der Waals surface area contributed by atoms with Crippen molar-refractivity contribution in [3.63, 3.8) is 0 Å². The summed E-state index contributed by atoms with van der Waals surface area (Å²) in [6.45, 7) is 5.83. The summed E-state index contributed by atoms with van der Waals surface area (Å²) in [6.07, 6.45) is 4.44. The predicted octanol–water partition coefficient (Wildman–Crippen LogP) is 2.29. The average Bonchev–Trinajstić information content (AvgIpc) is 2.97. The molecular weight excluding hydrogens is 240 g/mol. The molecule has 0 aromatic carbocycles. The Kier molecular flexibility index (Phi) is 3.38. The Morgan fingerprint density at radius 3 is 3.05 bits per heavy atom. The molecule has 0 aliphatic heterocycles. The smallest absolute Gasteiger partial charge is 0.229 e. The minimum absolute atomic E-state index is 0.481. The van der Waals surface area contributed by atoms with E-state index in [9.17, 15) is 0 Å². The van der Waals surface area contributed by atoms with Gasteiger partial charge in [0.15, 0.2) is 5.82 Å². The second-order valence-corrected chi connectivity index (χ2v) is 5.49. The zero-order valence-electron chi connectivity index (χ0n) is 11.5. The molecule has 2 aromatic rings. The van der Waals surface area contributed by atoms with Gasteiger partial charge in [-0.3, -0.25) is 0 Å². The highest BCUT2D eigenvalue weighted by Gasteiger charge is 2.29. The molecule has 19 heavy (non-hydrogen) atoms. The number of rotatable bonds is 6. The van der Waals surface area contributed by atoms with Crippen LogP contribution in [-0.2, 0) is 13.1 Å². The highest BCUT2D eigenvalue weighted by atomic mass is 16.5. The third kappa shape index (κ3) is 3.04. The van der Waals surface area contributed by atoms with Crippen LogP contribution in [0.3, 0.4) is 0 Å². The molecule has 1 fully saturated rings. The van der Waals surface area contributed by atoms with E-state index in [2.05, 4.69) is 52.2 Å². The zero-order chi connectivity index (χ0) is 13.2. The lowest BCUT2D eigenvalue weighted by Gasteiger charge is -2.10. The second kappa shape index (κ2) is 5.17. The minimum atomic E-state index is 0.481. The third-order valence-corrected chi connectivity index (χ3v) is 3.34. The van der Waals surface area contributed by atoms with Gasteiger partial charge in [-0.1, -0.05) is 19.0 Å². The van der Waals surface area contributed by atoms with Crippen molar-refractivity contribution in [2.45, 2.75) is 51.7 Å². The lowest BCUT2D eigenvalue weighted by atomic mass is 10.3. The molecule has 0 amide bonds. The van der Waals surface area contributed by atoms with E-state index in [1.165, 1.54) is 18.5 Å². The Morgan fingerprint density at radius 1 is 1.47 bits per heavy atom. The van der Waals surface area contributed by atoms with Crippen LogP contribution in [0, 0.1) is 0 Å². The first-order valence-electron chi connectivity index (χ1n) is 6.92. The van der Waals surface area contributed by atoms with Crippen LogP contribution >= 0.6 is 0 Å². The molecule has 5 heteroatoms. The average molecular weight is 260 g/mol. The largest absolute Gasteiger partial charge is 0.342 e. The summed E-state index contributed by atoms with van der Waals surface area (Å²) in [4.78, 5) is 4.46. The Hall–Kier alpha value is -1.62. The molecule has 0 unspecified atom stereocenters. The monoisotopic (exact) mass is 260 g/mol. The molecular formula is C14H20N4O. The molecule has 5 nitrogen and oxygen atoms in total. The fourth-order valence-electron chi connectivity index (χ4n) is 2.05. The summed E-state index contributed by atoms with van der Waals surface area (Å²) in [7, 11) is 0. The first-order chi connectivity index (χ1) is 9.22. The highest BCUT2D eigenvalue weighted by molar-refractivity contribution is 5.09. The van der Waals surface area contributed by atoms with E-state index < -0.39 is 0 Å². The summed E-state index contributed by atoms with van der Waals surface area (Å²) in [6, 6.07) is 4.66. The lowest BCUT2D eigenvalue weighted by molar-refractivity contribution is 0.373. The van der Waals surface area contributed by atoms with Gasteiger partial charge >= 0.3 is 0 Å². The zero-order valence-corrected chi connectivity index (χ0v) is 11.5. The summed E-state index contributed by atoms with van der Waals surface area (Å²) in [5.41, 5.74) is 1.24. The standard InChI is InChI=1S/C14H20N4O/c1-10(2)15-8-12-4-3-7-18(12)9-13-16-14(19-17-13)11-5-6-11/h3-4,7,10-11,15H,5-6,8-9H2,1-2H3. The van der Waals surface area contributed by atoms with Gasteiger partial charge in [0, 0.05) is 30.4 Å². The molecule has 0 radical (unpaired) electrons. The SMILES string of the molecule is CC(C)NCc1cccn1Cc1noc(C2CC2)n1. The van der Waals surface area contributed by atoms with Gasteiger partial charge in [-0.2, -0.15) is 4.98 Å². The van der Waals surface area contributed by atoms with Gasteiger partial charge in [0.25, 0.3) is 0 Å². The number of hydrogen-bond donors (Lipinski definition) is 1. The van der Waals surface area contributed by atoms with E-state index >= 15 is 0 Å². The summed E-state index contributed by atoms with van der Waals surface area (Å²) in [5.74, 6) is 2.10. The molecule has 2 heterocycles. The van der Waals surface area contributed by atoms with Gasteiger partial charge in [0.1, 0.15) is 0 Å². The predicted molar refractivity (Wildman–Crippen MR) is 71.8 cm³/mol. The molecule has 1 aliphatic carbocycles. The van der Waals surface area contributed by atoms with E-state index in [-0.39, 0.29) is 0 Å². The first-order valence-corrected chi connectivity index (χ1v) is 6.92. The lowest BCUT2D eigenvalue weighted by Crippen LogP contribution is -2.23. The van der Waals surface area contributed by atoms with E-state index in [4.69, 9.17) is 4.52 Å². The van der Waals surface area contributed by atoms with Crippen molar-refractivity contribution in [3.8, 4) is 0 Å². The Balaban J connectivity index is 1.66. The molecule has 1 saturated carbocycles. The van der Waals surface area contributed by atoms with Crippen LogP contribution in [0.4, 0.5) is 0 Å². The Morgan fingerprint density at radius 2 is 2.32 bits per heavy atom. The van der Waals surface area contributed by atoms with Crippen molar-refractivity contribution >= 4 is 0 Å². The van der Waals surface area contributed by atoms with Crippen LogP contribution in [0.5, 0.6) is 0 Å². The van der Waals surface area contributed by atoms with E-state index in [0.717, 1.165) is 18.3 Å². The van der Waals surface area contributed by atoms with Crippen molar-refractivity contribution in [1.29, 1.82) is 0 Å². The molecule has 0 atom stereocenters. The van der Waals surface area contributed by atoms with Crippen LogP contribution in [0.1, 0.15) is 50.0 Å². The van der Waals surface area contributed by atoms with Gasteiger partial charge < -0.3 is 14.4 Å². The van der Waals surface area contributed by atoms with Gasteiger partial charge in [0.05, 0.1) is 6.54 Å². The molecule has 1 aliphatic rings. The molecule has 0 saturated heterocycles. The summed E-state index contributed by atoms with van der Waals surface area (Å²) in [5, 5.41) is 7.48. The quantitative estimate of drug-likeness (QED) is 0.866.